The Kier molecular flexibility index (Phi) is 9.83. The summed E-state index contributed by atoms with van der Waals surface area (Å²) in [5.41, 5.74) is -1.41. The first-order valence-electron chi connectivity index (χ1n) is 18.0. The van der Waals surface area contributed by atoms with E-state index in [4.69, 9.17) is 9.47 Å². The number of rotatable bonds is 8. The van der Waals surface area contributed by atoms with E-state index in [9.17, 15) is 27.6 Å². The van der Waals surface area contributed by atoms with E-state index in [0.29, 0.717) is 48.8 Å². The molecule has 2 aromatic heterocycles. The SMILES string of the molecule is CC(=O)NCc1c(C2C3CN(C(=O)OC(C)(C)C)CC32)c2c(C(C)C)nc(-c3cc(NC(=O)OC(C)(C)C)cc(F)c3OC(F)(F)F)c(F)c2n1C1CC1. The van der Waals surface area contributed by atoms with Crippen molar-refractivity contribution in [2.24, 2.45) is 11.8 Å². The van der Waals surface area contributed by atoms with E-state index < -0.39 is 64.3 Å². The first-order valence-corrected chi connectivity index (χ1v) is 18.0. The lowest BCUT2D eigenvalue weighted by atomic mass is 9.95. The molecule has 0 radical (unpaired) electrons. The van der Waals surface area contributed by atoms with Crippen LogP contribution in [-0.2, 0) is 20.8 Å². The largest absolute Gasteiger partial charge is 0.573 e. The Morgan fingerprint density at radius 2 is 1.57 bits per heavy atom. The van der Waals surface area contributed by atoms with Crippen molar-refractivity contribution in [1.82, 2.24) is 19.8 Å². The molecule has 294 valence electrons. The minimum absolute atomic E-state index is 0.00564. The van der Waals surface area contributed by atoms with Gasteiger partial charge in [-0.2, -0.15) is 0 Å². The molecule has 3 amide bonds. The molecule has 1 saturated heterocycles. The van der Waals surface area contributed by atoms with Crippen molar-refractivity contribution in [3.05, 3.63) is 40.7 Å². The molecule has 1 aliphatic heterocycles. The maximum atomic E-state index is 17.5. The summed E-state index contributed by atoms with van der Waals surface area (Å²) in [7, 11) is 0. The van der Waals surface area contributed by atoms with Crippen molar-refractivity contribution in [2.75, 3.05) is 18.4 Å². The first kappa shape index (κ1) is 39.1. The van der Waals surface area contributed by atoms with Gasteiger partial charge in [0.25, 0.3) is 0 Å². The highest BCUT2D eigenvalue weighted by Crippen LogP contribution is 2.62. The molecule has 1 aromatic carbocycles. The number of piperidine rings is 1. The Morgan fingerprint density at radius 3 is 2.09 bits per heavy atom. The van der Waals surface area contributed by atoms with E-state index in [1.807, 2.05) is 0 Å². The number of aromatic nitrogens is 2. The van der Waals surface area contributed by atoms with Crippen LogP contribution in [0.15, 0.2) is 12.1 Å². The normalized spacial score (nSPS) is 19.9. The summed E-state index contributed by atoms with van der Waals surface area (Å²) in [4.78, 5) is 44.1. The molecule has 2 atom stereocenters. The molecule has 54 heavy (non-hydrogen) atoms. The van der Waals surface area contributed by atoms with E-state index in [2.05, 4.69) is 20.4 Å². The number of hydrogen-bond acceptors (Lipinski definition) is 7. The average Bonchev–Trinajstić information content (AvgIpc) is 3.88. The van der Waals surface area contributed by atoms with E-state index in [1.54, 1.807) is 64.9 Å². The molecule has 6 rings (SSSR count). The zero-order valence-electron chi connectivity index (χ0n) is 31.8. The van der Waals surface area contributed by atoms with Gasteiger partial charge in [0.1, 0.15) is 16.9 Å². The summed E-state index contributed by atoms with van der Waals surface area (Å²) in [6.45, 7) is 16.0. The van der Waals surface area contributed by atoms with Crippen molar-refractivity contribution < 1.29 is 50.5 Å². The molecule has 3 aromatic rings. The fourth-order valence-corrected chi connectivity index (χ4v) is 7.46. The fourth-order valence-electron chi connectivity index (χ4n) is 7.46. The summed E-state index contributed by atoms with van der Waals surface area (Å²) in [6.07, 6.45) is -5.44. The molecule has 3 fully saturated rings. The number of nitrogens with zero attached hydrogens (tertiary/aromatic N) is 3. The number of carbonyl (C=O) groups is 3. The molecular weight excluding hydrogens is 717 g/mol. The number of anilines is 1. The molecule has 3 aliphatic rings. The van der Waals surface area contributed by atoms with Crippen LogP contribution in [0.2, 0.25) is 0 Å². The van der Waals surface area contributed by atoms with Gasteiger partial charge in [0.15, 0.2) is 17.4 Å². The van der Waals surface area contributed by atoms with Gasteiger partial charge >= 0.3 is 18.5 Å². The Bertz CT molecular complexity index is 2000. The molecule has 2 N–H and O–H groups in total. The molecule has 16 heteroatoms. The predicted molar refractivity (Wildman–Crippen MR) is 189 cm³/mol. The van der Waals surface area contributed by atoms with Crippen LogP contribution in [0.3, 0.4) is 0 Å². The number of pyridine rings is 1. The van der Waals surface area contributed by atoms with Gasteiger partial charge in [-0.15, -0.1) is 13.2 Å². The summed E-state index contributed by atoms with van der Waals surface area (Å²) >= 11 is 0. The molecule has 0 spiro atoms. The molecule has 11 nitrogen and oxygen atoms in total. The standard InChI is InChI=1S/C38H46F5N5O6/c1-17(2)30-28-27(26-22-15-47(16-23(22)26)35(51)54-37(7,8)9)25(14-44-18(3)49)48(20-10-11-20)32(28)29(40)31(46-30)21-12-19(45-34(50)53-36(4,5)6)13-24(39)33(21)52-38(41,42)43/h12-13,17,20,22-23,26H,10-11,14-16H2,1-9H3,(H,44,49)(H,45,50). The van der Waals surface area contributed by atoms with Gasteiger partial charge in [-0.05, 0) is 89.7 Å². The van der Waals surface area contributed by atoms with E-state index in [-0.39, 0.29) is 47.5 Å². The van der Waals surface area contributed by atoms with Crippen LogP contribution in [0.5, 0.6) is 5.75 Å². The Balaban J connectivity index is 1.55. The van der Waals surface area contributed by atoms with Crippen LogP contribution in [0.4, 0.5) is 37.2 Å². The summed E-state index contributed by atoms with van der Waals surface area (Å²) in [6, 6.07) is 1.40. The van der Waals surface area contributed by atoms with Gasteiger partial charge in [0, 0.05) is 48.9 Å². The Morgan fingerprint density at radius 1 is 0.963 bits per heavy atom. The number of benzene rings is 1. The van der Waals surface area contributed by atoms with E-state index in [1.165, 1.54) is 6.92 Å². The number of likely N-dealkylation sites (tertiary alicyclic amines) is 1. The second kappa shape index (κ2) is 13.6. The number of carbonyl (C=O) groups excluding carboxylic acids is 3. The second-order valence-electron chi connectivity index (χ2n) is 16.7. The highest BCUT2D eigenvalue weighted by atomic mass is 19.4. The summed E-state index contributed by atoms with van der Waals surface area (Å²) in [5, 5.41) is 5.64. The van der Waals surface area contributed by atoms with Gasteiger partial charge in [0.05, 0.1) is 23.3 Å². The lowest BCUT2D eigenvalue weighted by Gasteiger charge is -2.26. The fraction of sp³-hybridized carbons (Fsp3) is 0.579. The first-order chi connectivity index (χ1) is 24.9. The highest BCUT2D eigenvalue weighted by molar-refractivity contribution is 5.94. The zero-order valence-corrected chi connectivity index (χ0v) is 31.8. The Hall–Kier alpha value is -4.63. The predicted octanol–water partition coefficient (Wildman–Crippen LogP) is 8.90. The number of halogens is 5. The smallest absolute Gasteiger partial charge is 0.444 e. The minimum Gasteiger partial charge on any atom is -0.444 e. The van der Waals surface area contributed by atoms with Crippen molar-refractivity contribution in [1.29, 1.82) is 0 Å². The van der Waals surface area contributed by atoms with Gasteiger partial charge in [-0.3, -0.25) is 10.1 Å². The van der Waals surface area contributed by atoms with Crippen LogP contribution in [0.25, 0.3) is 22.2 Å². The number of nitrogens with one attached hydrogen (secondary N) is 2. The third-order valence-corrected chi connectivity index (χ3v) is 9.56. The Labute approximate surface area is 309 Å². The quantitative estimate of drug-likeness (QED) is 0.220. The monoisotopic (exact) mass is 763 g/mol. The van der Waals surface area contributed by atoms with Gasteiger partial charge in [-0.1, -0.05) is 13.8 Å². The summed E-state index contributed by atoms with van der Waals surface area (Å²) < 4.78 is 91.2. The maximum Gasteiger partial charge on any atom is 0.573 e. The van der Waals surface area contributed by atoms with Crippen molar-refractivity contribution in [2.45, 2.75) is 117 Å². The number of hydrogen-bond donors (Lipinski definition) is 2. The zero-order chi connectivity index (χ0) is 39.8. The van der Waals surface area contributed by atoms with Crippen molar-refractivity contribution in [3.8, 4) is 17.0 Å². The lowest BCUT2D eigenvalue weighted by molar-refractivity contribution is -0.275. The molecule has 2 aliphatic carbocycles. The van der Waals surface area contributed by atoms with Gasteiger partial charge in [-0.25, -0.2) is 23.4 Å². The van der Waals surface area contributed by atoms with Crippen LogP contribution < -0.4 is 15.4 Å². The third-order valence-electron chi connectivity index (χ3n) is 9.56. The maximum absolute atomic E-state index is 17.5. The van der Waals surface area contributed by atoms with Crippen molar-refractivity contribution >= 4 is 34.7 Å². The van der Waals surface area contributed by atoms with Gasteiger partial charge in [0.2, 0.25) is 5.91 Å². The molecular formula is C38H46F5N5O6. The van der Waals surface area contributed by atoms with Crippen LogP contribution in [-0.4, -0.2) is 63.2 Å². The molecule has 2 saturated carbocycles. The minimum atomic E-state index is -5.36. The second-order valence-corrected chi connectivity index (χ2v) is 16.7. The number of ether oxygens (including phenoxy) is 3. The molecule has 2 unspecified atom stereocenters. The van der Waals surface area contributed by atoms with Gasteiger partial charge < -0.3 is 29.0 Å². The van der Waals surface area contributed by atoms with Crippen molar-refractivity contribution in [3.63, 3.8) is 0 Å². The number of amides is 3. The highest BCUT2D eigenvalue weighted by Gasteiger charge is 2.59. The molecule has 3 heterocycles. The average molecular weight is 764 g/mol. The summed E-state index contributed by atoms with van der Waals surface area (Å²) in [5.74, 6) is -4.71. The number of fused-ring (bicyclic) bond motifs is 2. The van der Waals surface area contributed by atoms with E-state index >= 15 is 8.78 Å². The van der Waals surface area contributed by atoms with E-state index in [0.717, 1.165) is 11.6 Å². The third kappa shape index (κ3) is 8.07. The number of alkyl halides is 3. The lowest BCUT2D eigenvalue weighted by Crippen LogP contribution is -2.37. The topological polar surface area (TPSA) is 124 Å². The van der Waals surface area contributed by atoms with Crippen LogP contribution in [0, 0.1) is 23.5 Å². The molecule has 0 bridgehead atoms. The van der Waals surface area contributed by atoms with Crippen LogP contribution in [0.1, 0.15) is 110 Å². The van der Waals surface area contributed by atoms with Crippen LogP contribution >= 0.6 is 0 Å².